The number of rotatable bonds is 3. The first kappa shape index (κ1) is 15.9. The summed E-state index contributed by atoms with van der Waals surface area (Å²) in [4.78, 5) is 18.1. The Morgan fingerprint density at radius 1 is 1.59 bits per heavy atom. The molecule has 2 fully saturated rings. The van der Waals surface area contributed by atoms with Gasteiger partial charge >= 0.3 is 0 Å². The van der Waals surface area contributed by atoms with Crippen LogP contribution < -0.4 is 4.72 Å². The molecule has 2 saturated heterocycles. The first-order valence-corrected chi connectivity index (χ1v) is 9.99. The van der Waals surface area contributed by atoms with E-state index < -0.39 is 15.6 Å². The number of nitrogens with one attached hydrogen (secondary N) is 1. The molecule has 0 radical (unpaired) electrons. The Bertz CT molecular complexity index is 646. The average Bonchev–Trinajstić information content (AvgIpc) is 3.06. The van der Waals surface area contributed by atoms with Gasteiger partial charge in [0.05, 0.1) is 23.9 Å². The van der Waals surface area contributed by atoms with Gasteiger partial charge in [0.15, 0.2) is 0 Å². The summed E-state index contributed by atoms with van der Waals surface area (Å²) < 4.78 is 31.4. The van der Waals surface area contributed by atoms with Gasteiger partial charge in [-0.2, -0.15) is 0 Å². The molecule has 0 saturated carbocycles. The molecule has 22 heavy (non-hydrogen) atoms. The number of ether oxygens (including phenoxy) is 1. The van der Waals surface area contributed by atoms with Crippen LogP contribution in [0.1, 0.15) is 29.8 Å². The van der Waals surface area contributed by atoms with Crippen LogP contribution in [-0.4, -0.2) is 61.8 Å². The van der Waals surface area contributed by atoms with E-state index in [4.69, 9.17) is 4.74 Å². The van der Waals surface area contributed by atoms with Crippen LogP contribution >= 0.6 is 11.3 Å². The van der Waals surface area contributed by atoms with E-state index in [1.165, 1.54) is 17.6 Å². The Morgan fingerprint density at radius 3 is 3.09 bits per heavy atom. The zero-order valence-electron chi connectivity index (χ0n) is 12.3. The highest BCUT2D eigenvalue weighted by atomic mass is 32.2. The van der Waals surface area contributed by atoms with Gasteiger partial charge in [-0.05, 0) is 19.3 Å². The predicted octanol–water partition coefficient (Wildman–Crippen LogP) is 0.456. The van der Waals surface area contributed by atoms with Crippen LogP contribution in [-0.2, 0) is 14.8 Å². The first-order chi connectivity index (χ1) is 10.4. The topological polar surface area (TPSA) is 88.6 Å². The van der Waals surface area contributed by atoms with Gasteiger partial charge < -0.3 is 9.64 Å². The molecule has 1 N–H and O–H groups in total. The summed E-state index contributed by atoms with van der Waals surface area (Å²) in [7, 11) is -3.23. The van der Waals surface area contributed by atoms with Crippen LogP contribution in [0.15, 0.2) is 10.9 Å². The molecular formula is C13H19N3O4S2. The fourth-order valence-corrected chi connectivity index (χ4v) is 4.55. The maximum atomic E-state index is 12.3. The third kappa shape index (κ3) is 3.48. The second-order valence-electron chi connectivity index (χ2n) is 5.96. The molecule has 1 amide bonds. The summed E-state index contributed by atoms with van der Waals surface area (Å²) >= 11 is 1.39. The summed E-state index contributed by atoms with van der Waals surface area (Å²) in [5.74, 6) is -0.0834. The van der Waals surface area contributed by atoms with Crippen molar-refractivity contribution in [2.45, 2.75) is 30.9 Å². The first-order valence-electron chi connectivity index (χ1n) is 7.16. The number of nitrogens with zero attached hydrogens (tertiary/aromatic N) is 2. The number of hydrogen-bond donors (Lipinski definition) is 1. The number of likely N-dealkylation sites (tertiary alicyclic amines) is 1. The van der Waals surface area contributed by atoms with Crippen molar-refractivity contribution in [1.82, 2.24) is 14.6 Å². The lowest BCUT2D eigenvalue weighted by Crippen LogP contribution is -2.50. The third-order valence-electron chi connectivity index (χ3n) is 4.13. The van der Waals surface area contributed by atoms with E-state index in [0.29, 0.717) is 38.2 Å². The molecule has 1 spiro atoms. The van der Waals surface area contributed by atoms with Gasteiger partial charge in [-0.1, -0.05) is 0 Å². The average molecular weight is 345 g/mol. The number of hydrogen-bond acceptors (Lipinski definition) is 6. The minimum absolute atomic E-state index is 0.0834. The Labute approximate surface area is 133 Å². The van der Waals surface area contributed by atoms with Crippen molar-refractivity contribution in [3.63, 3.8) is 0 Å². The Morgan fingerprint density at radius 2 is 2.41 bits per heavy atom. The van der Waals surface area contributed by atoms with E-state index in [-0.39, 0.29) is 11.9 Å². The fraction of sp³-hybridized carbons (Fsp3) is 0.692. The molecule has 9 heteroatoms. The van der Waals surface area contributed by atoms with Gasteiger partial charge in [0, 0.05) is 24.6 Å². The highest BCUT2D eigenvalue weighted by Crippen LogP contribution is 2.35. The van der Waals surface area contributed by atoms with Crippen molar-refractivity contribution in [2.24, 2.45) is 0 Å². The molecule has 3 rings (SSSR count). The molecule has 7 nitrogen and oxygen atoms in total. The van der Waals surface area contributed by atoms with E-state index in [0.717, 1.165) is 6.42 Å². The minimum Gasteiger partial charge on any atom is -0.373 e. The van der Waals surface area contributed by atoms with Gasteiger partial charge in [-0.25, -0.2) is 18.1 Å². The lowest BCUT2D eigenvalue weighted by atomic mass is 9.90. The molecular weight excluding hydrogens is 326 g/mol. The van der Waals surface area contributed by atoms with Crippen molar-refractivity contribution in [1.29, 1.82) is 0 Å². The quantitative estimate of drug-likeness (QED) is 0.859. The highest BCUT2D eigenvalue weighted by molar-refractivity contribution is 7.88. The standard InChI is InChI=1S/C13H19N3O4S2/c1-22(18,19)15-10-2-5-20-13(6-10)3-4-16(8-13)12(17)11-7-21-9-14-11/h7,9-10,15H,2-6,8H2,1H3/t10-,13-/m0/s1. The molecule has 1 aromatic rings. The van der Waals surface area contributed by atoms with E-state index in [1.807, 2.05) is 0 Å². The zero-order chi connectivity index (χ0) is 15.8. The van der Waals surface area contributed by atoms with Crippen molar-refractivity contribution < 1.29 is 17.9 Å². The lowest BCUT2D eigenvalue weighted by molar-refractivity contribution is -0.0763. The Kier molecular flexibility index (Phi) is 4.23. The highest BCUT2D eigenvalue weighted by Gasteiger charge is 2.45. The largest absolute Gasteiger partial charge is 0.373 e. The normalized spacial score (nSPS) is 29.1. The second-order valence-corrected chi connectivity index (χ2v) is 8.46. The van der Waals surface area contributed by atoms with E-state index in [1.54, 1.807) is 15.8 Å². The predicted molar refractivity (Wildman–Crippen MR) is 82.3 cm³/mol. The van der Waals surface area contributed by atoms with Crippen molar-refractivity contribution >= 4 is 27.3 Å². The number of sulfonamides is 1. The van der Waals surface area contributed by atoms with E-state index >= 15 is 0 Å². The summed E-state index contributed by atoms with van der Waals surface area (Å²) in [6, 6.07) is -0.127. The van der Waals surface area contributed by atoms with Crippen LogP contribution in [0.2, 0.25) is 0 Å². The van der Waals surface area contributed by atoms with Crippen molar-refractivity contribution in [2.75, 3.05) is 26.0 Å². The summed E-state index contributed by atoms with van der Waals surface area (Å²) in [6.07, 6.45) is 3.16. The molecule has 0 aliphatic carbocycles. The number of aromatic nitrogens is 1. The fourth-order valence-electron chi connectivity index (χ4n) is 3.21. The molecule has 3 heterocycles. The van der Waals surface area contributed by atoms with Gasteiger partial charge in [0.1, 0.15) is 5.69 Å². The maximum Gasteiger partial charge on any atom is 0.273 e. The van der Waals surface area contributed by atoms with Crippen LogP contribution in [0, 0.1) is 0 Å². The van der Waals surface area contributed by atoms with Gasteiger partial charge in [0.2, 0.25) is 10.0 Å². The van der Waals surface area contributed by atoms with E-state index in [2.05, 4.69) is 9.71 Å². The smallest absolute Gasteiger partial charge is 0.273 e. The maximum absolute atomic E-state index is 12.3. The summed E-state index contributed by atoms with van der Waals surface area (Å²) in [5.41, 5.74) is 1.66. The van der Waals surface area contributed by atoms with Gasteiger partial charge in [0.25, 0.3) is 5.91 Å². The molecule has 2 atom stereocenters. The van der Waals surface area contributed by atoms with Crippen molar-refractivity contribution in [3.8, 4) is 0 Å². The SMILES string of the molecule is CS(=O)(=O)N[C@H]1CCO[C@@]2(CCN(C(=O)c3cscn3)C2)C1. The number of carbonyl (C=O) groups excluding carboxylic acids is 1. The molecule has 1 aromatic heterocycles. The Balaban J connectivity index is 1.66. The van der Waals surface area contributed by atoms with Gasteiger partial charge in [-0.15, -0.1) is 11.3 Å². The van der Waals surface area contributed by atoms with Crippen LogP contribution in [0.4, 0.5) is 0 Å². The zero-order valence-corrected chi connectivity index (χ0v) is 14.0. The molecule has 2 aliphatic heterocycles. The molecule has 0 bridgehead atoms. The number of thiazole rings is 1. The number of amides is 1. The lowest BCUT2D eigenvalue weighted by Gasteiger charge is -2.38. The summed E-state index contributed by atoms with van der Waals surface area (Å²) in [6.45, 7) is 1.61. The molecule has 0 unspecified atom stereocenters. The van der Waals surface area contributed by atoms with Gasteiger partial charge in [-0.3, -0.25) is 4.79 Å². The van der Waals surface area contributed by atoms with Crippen LogP contribution in [0.5, 0.6) is 0 Å². The minimum atomic E-state index is -3.23. The molecule has 0 aromatic carbocycles. The molecule has 122 valence electrons. The number of carbonyl (C=O) groups is 1. The Hall–Kier alpha value is -1.03. The third-order valence-corrected chi connectivity index (χ3v) is 5.48. The molecule has 2 aliphatic rings. The van der Waals surface area contributed by atoms with Crippen molar-refractivity contribution in [3.05, 3.63) is 16.6 Å². The monoisotopic (exact) mass is 345 g/mol. The van der Waals surface area contributed by atoms with Crippen LogP contribution in [0.25, 0.3) is 0 Å². The van der Waals surface area contributed by atoms with E-state index in [9.17, 15) is 13.2 Å². The second kappa shape index (κ2) is 5.88. The van der Waals surface area contributed by atoms with Crippen LogP contribution in [0.3, 0.4) is 0 Å². The summed E-state index contributed by atoms with van der Waals surface area (Å²) in [5, 5.41) is 1.74.